The summed E-state index contributed by atoms with van der Waals surface area (Å²) in [6, 6.07) is 25.4. The van der Waals surface area contributed by atoms with Crippen LogP contribution in [0, 0.1) is 0 Å². The van der Waals surface area contributed by atoms with Crippen LogP contribution in [0.3, 0.4) is 0 Å². The van der Waals surface area contributed by atoms with Crippen LogP contribution in [0.2, 0.25) is 20.1 Å². The van der Waals surface area contributed by atoms with Crippen LogP contribution < -0.4 is 14.8 Å². The van der Waals surface area contributed by atoms with E-state index < -0.39 is 17.6 Å². The molecule has 308 valence electrons. The normalized spacial score (nSPS) is 11.7. The lowest BCUT2D eigenvalue weighted by atomic mass is 10.2. The van der Waals surface area contributed by atoms with Gasteiger partial charge in [0.25, 0.3) is 5.91 Å². The summed E-state index contributed by atoms with van der Waals surface area (Å²) in [6.07, 6.45) is 19.6. The third kappa shape index (κ3) is 18.7. The first-order chi connectivity index (χ1) is 28.2. The molecule has 4 aromatic rings. The fourth-order valence-corrected chi connectivity index (χ4v) is 5.38. The van der Waals surface area contributed by atoms with Crippen LogP contribution in [0.5, 0.6) is 11.5 Å². The van der Waals surface area contributed by atoms with Crippen LogP contribution in [0.1, 0.15) is 43.0 Å². The van der Waals surface area contributed by atoms with Gasteiger partial charge in [-0.3, -0.25) is 9.59 Å². The minimum Gasteiger partial charge on any atom is -0.497 e. The molecule has 0 saturated heterocycles. The largest absolute Gasteiger partial charge is 0.497 e. The summed E-state index contributed by atoms with van der Waals surface area (Å²) < 4.78 is 15.6. The third-order valence-corrected chi connectivity index (χ3v) is 8.76. The summed E-state index contributed by atoms with van der Waals surface area (Å²) in [5.41, 5.74) is 2.81. The third-order valence-electron chi connectivity index (χ3n) is 7.60. The summed E-state index contributed by atoms with van der Waals surface area (Å²) in [7, 11) is 3.16. The molecule has 1 N–H and O–H groups in total. The maximum absolute atomic E-state index is 12.7. The molecule has 0 aromatic heterocycles. The molecule has 8 nitrogen and oxygen atoms in total. The van der Waals surface area contributed by atoms with Gasteiger partial charge in [-0.25, -0.2) is 9.69 Å². The van der Waals surface area contributed by atoms with Crippen molar-refractivity contribution in [3.8, 4) is 11.5 Å². The van der Waals surface area contributed by atoms with Crippen molar-refractivity contribution in [1.82, 2.24) is 10.2 Å². The van der Waals surface area contributed by atoms with Gasteiger partial charge in [-0.05, 0) is 104 Å². The number of carbonyl (C=O) groups is 3. The number of nitrogens with one attached hydrogen (secondary N) is 1. The predicted octanol–water partition coefficient (Wildman–Crippen LogP) is 12.4. The molecule has 0 aliphatic heterocycles. The van der Waals surface area contributed by atoms with Gasteiger partial charge < -0.3 is 19.5 Å². The zero-order chi connectivity index (χ0) is 43.2. The van der Waals surface area contributed by atoms with Crippen LogP contribution in [0.25, 0.3) is 24.3 Å². The number of carbonyl (C=O) groups excluding carboxylic acids is 3. The van der Waals surface area contributed by atoms with Crippen molar-refractivity contribution in [2.45, 2.75) is 26.4 Å². The van der Waals surface area contributed by atoms with Gasteiger partial charge in [0.05, 0.1) is 30.8 Å². The molecule has 59 heavy (non-hydrogen) atoms. The van der Waals surface area contributed by atoms with Gasteiger partial charge in [-0.15, -0.1) is 0 Å². The first-order valence-electron chi connectivity index (χ1n) is 18.2. The molecule has 0 bridgehead atoms. The molecule has 0 aliphatic rings. The maximum Gasteiger partial charge on any atom is 0.417 e. The Kier molecular flexibility index (Phi) is 20.3. The summed E-state index contributed by atoms with van der Waals surface area (Å²) in [5, 5.41) is 5.21. The van der Waals surface area contributed by atoms with Crippen molar-refractivity contribution in [3.63, 3.8) is 0 Å². The smallest absolute Gasteiger partial charge is 0.417 e. The number of rotatable bonds is 14. The van der Waals surface area contributed by atoms with E-state index in [4.69, 9.17) is 60.6 Å². The Morgan fingerprint density at radius 3 is 1.56 bits per heavy atom. The molecule has 4 aromatic carbocycles. The predicted molar refractivity (Wildman–Crippen MR) is 244 cm³/mol. The van der Waals surface area contributed by atoms with Gasteiger partial charge in [0, 0.05) is 28.7 Å². The second kappa shape index (κ2) is 25.1. The Hall–Kier alpha value is -5.51. The standard InChI is InChI=1S/C26H27Cl2NO4.C21H19Cl2NO2/c1-26(2,3)33-25(31)29(17-7-8-19-11-14-21(27)15-12-19)24(30)10-6-5-9-20-13-16-22(32-4)18-23(20)28;1-26-19-13-10-17(20(23)15-19)6-2-3-7-21(25)24-14-4-5-16-8-11-18(22)12-9-16/h5-16,18H,17H2,1-4H3;2-13,15H,14H2,1H3,(H,24,25)/b8-7-,9-5+,10-6+;5-4-,6-2+,7-3+. The Morgan fingerprint density at radius 2 is 1.10 bits per heavy atom. The molecular weight excluding hydrogens is 830 g/mol. The number of allylic oxidation sites excluding steroid dienone is 4. The number of benzene rings is 4. The number of hydrogen-bond acceptors (Lipinski definition) is 6. The Morgan fingerprint density at radius 1 is 0.627 bits per heavy atom. The molecule has 4 rings (SSSR count). The number of amides is 3. The molecule has 0 unspecified atom stereocenters. The monoisotopic (exact) mass is 874 g/mol. The van der Waals surface area contributed by atoms with E-state index in [0.717, 1.165) is 27.2 Å². The quantitative estimate of drug-likeness (QED) is 0.100. The second-order valence-corrected chi connectivity index (χ2v) is 15.0. The minimum atomic E-state index is -0.732. The van der Waals surface area contributed by atoms with Crippen LogP contribution in [-0.2, 0) is 14.3 Å². The molecule has 0 radical (unpaired) electrons. The van der Waals surface area contributed by atoms with Crippen molar-refractivity contribution in [2.75, 3.05) is 27.3 Å². The van der Waals surface area contributed by atoms with Crippen LogP contribution in [0.15, 0.2) is 134 Å². The topological polar surface area (TPSA) is 94.2 Å². The first-order valence-corrected chi connectivity index (χ1v) is 19.7. The Bertz CT molecular complexity index is 2190. The van der Waals surface area contributed by atoms with E-state index in [1.807, 2.05) is 72.8 Å². The van der Waals surface area contributed by atoms with Crippen LogP contribution in [0.4, 0.5) is 4.79 Å². The van der Waals surface area contributed by atoms with Gasteiger partial charge in [-0.1, -0.05) is 131 Å². The molecule has 0 spiro atoms. The second-order valence-electron chi connectivity index (χ2n) is 13.3. The van der Waals surface area contributed by atoms with E-state index in [0.29, 0.717) is 38.1 Å². The zero-order valence-corrected chi connectivity index (χ0v) is 36.4. The summed E-state index contributed by atoms with van der Waals surface area (Å²) in [6.45, 7) is 5.73. The van der Waals surface area contributed by atoms with Gasteiger partial charge in [0.15, 0.2) is 0 Å². The van der Waals surface area contributed by atoms with E-state index in [9.17, 15) is 14.4 Å². The van der Waals surface area contributed by atoms with Crippen molar-refractivity contribution >= 4 is 88.6 Å². The van der Waals surface area contributed by atoms with Crippen LogP contribution >= 0.6 is 46.4 Å². The number of halogens is 4. The minimum absolute atomic E-state index is 0.0503. The van der Waals surface area contributed by atoms with Gasteiger partial charge >= 0.3 is 6.09 Å². The lowest BCUT2D eigenvalue weighted by Crippen LogP contribution is -2.40. The molecular formula is C47H46Cl4N2O6. The maximum atomic E-state index is 12.7. The number of imide groups is 1. The highest BCUT2D eigenvalue weighted by Crippen LogP contribution is 2.24. The number of hydrogen-bond donors (Lipinski definition) is 1. The van der Waals surface area contributed by atoms with Crippen molar-refractivity contribution in [3.05, 3.63) is 176 Å². The SMILES string of the molecule is COc1ccc(/C=C/C=C/C(=O)N(C/C=C\c2ccc(Cl)cc2)C(=O)OC(C)(C)C)c(Cl)c1.COc1ccc(/C=C/C=C/C(=O)NC/C=C\c2ccc(Cl)cc2)c(Cl)c1. The Labute approximate surface area is 366 Å². The molecule has 12 heteroatoms. The van der Waals surface area contributed by atoms with E-state index in [2.05, 4.69) is 5.32 Å². The number of nitrogens with zero attached hydrogens (tertiary/aromatic N) is 1. The highest BCUT2D eigenvalue weighted by Gasteiger charge is 2.25. The molecule has 3 amide bonds. The first kappa shape index (κ1) is 47.9. The van der Waals surface area contributed by atoms with Crippen LogP contribution in [-0.4, -0.2) is 55.7 Å². The molecule has 0 aliphatic carbocycles. The molecule has 0 heterocycles. The van der Waals surface area contributed by atoms with E-state index in [1.165, 1.54) is 12.2 Å². The number of methoxy groups -OCH3 is 2. The van der Waals surface area contributed by atoms with E-state index >= 15 is 0 Å². The fourth-order valence-electron chi connectivity index (χ4n) is 4.66. The summed E-state index contributed by atoms with van der Waals surface area (Å²) in [5.74, 6) is 0.683. The van der Waals surface area contributed by atoms with Gasteiger partial charge in [-0.2, -0.15) is 0 Å². The fraction of sp³-hybridized carbons (Fsp3) is 0.170. The van der Waals surface area contributed by atoms with E-state index in [-0.39, 0.29) is 12.5 Å². The average Bonchev–Trinajstić information content (AvgIpc) is 3.20. The summed E-state index contributed by atoms with van der Waals surface area (Å²) >= 11 is 24.1. The van der Waals surface area contributed by atoms with Gasteiger partial charge in [0.2, 0.25) is 5.91 Å². The van der Waals surface area contributed by atoms with Crippen molar-refractivity contribution in [1.29, 1.82) is 0 Å². The lowest BCUT2D eigenvalue weighted by molar-refractivity contribution is -0.124. The zero-order valence-electron chi connectivity index (χ0n) is 33.3. The number of ether oxygens (including phenoxy) is 3. The Balaban J connectivity index is 0.000000324. The lowest BCUT2D eigenvalue weighted by Gasteiger charge is -2.24. The molecule has 0 fully saturated rings. The summed E-state index contributed by atoms with van der Waals surface area (Å²) in [4.78, 5) is 38.1. The van der Waals surface area contributed by atoms with Crippen molar-refractivity contribution in [2.24, 2.45) is 0 Å². The highest BCUT2D eigenvalue weighted by atomic mass is 35.5. The van der Waals surface area contributed by atoms with Gasteiger partial charge in [0.1, 0.15) is 17.1 Å². The van der Waals surface area contributed by atoms with E-state index in [1.54, 1.807) is 108 Å². The average molecular weight is 877 g/mol. The molecule has 0 atom stereocenters. The highest BCUT2D eigenvalue weighted by molar-refractivity contribution is 6.32. The van der Waals surface area contributed by atoms with Crippen molar-refractivity contribution < 1.29 is 28.6 Å². The molecule has 0 saturated carbocycles.